The van der Waals surface area contributed by atoms with E-state index in [0.29, 0.717) is 13.0 Å². The molecule has 24 heavy (non-hydrogen) atoms. The minimum absolute atomic E-state index is 0.134. The maximum Gasteiger partial charge on any atom is 0.192 e. The minimum atomic E-state index is -1.84. The van der Waals surface area contributed by atoms with Gasteiger partial charge in [0.15, 0.2) is 8.32 Å². The lowest BCUT2D eigenvalue weighted by atomic mass is 9.91. The number of hydrogen-bond acceptors (Lipinski definition) is 3. The summed E-state index contributed by atoms with van der Waals surface area (Å²) in [6.45, 7) is 17.7. The van der Waals surface area contributed by atoms with Gasteiger partial charge in [-0.15, -0.1) is 0 Å². The number of hydrogen-bond donors (Lipinski definition) is 1. The van der Waals surface area contributed by atoms with Crippen molar-refractivity contribution in [1.29, 1.82) is 0 Å². The second-order valence-electron chi connectivity index (χ2n) is 8.76. The van der Waals surface area contributed by atoms with Crippen molar-refractivity contribution in [2.75, 3.05) is 6.61 Å². The molecule has 1 aromatic heterocycles. The average molecular weight is 371 g/mol. The van der Waals surface area contributed by atoms with Gasteiger partial charge in [-0.2, -0.15) is 0 Å². The Bertz CT molecular complexity index is 565. The van der Waals surface area contributed by atoms with Crippen LogP contribution in [0.25, 0.3) is 0 Å². The van der Waals surface area contributed by atoms with E-state index >= 15 is 0 Å². The molecule has 1 rings (SSSR count). The average Bonchev–Trinajstić information content (AvgIpc) is 2.43. The zero-order valence-corrected chi connectivity index (χ0v) is 18.3. The van der Waals surface area contributed by atoms with E-state index in [4.69, 9.17) is 9.56 Å². The second kappa shape index (κ2) is 7.77. The Balaban J connectivity index is 3.02. The molecule has 0 fully saturated rings. The van der Waals surface area contributed by atoms with E-state index in [0.717, 1.165) is 11.3 Å². The minimum Gasteiger partial charge on any atom is -0.416 e. The van der Waals surface area contributed by atoms with E-state index in [1.165, 1.54) is 0 Å². The molecule has 6 heteroatoms. The number of nitrogens with two attached hydrogens (primary N) is 1. The Morgan fingerprint density at radius 2 is 1.83 bits per heavy atom. The van der Waals surface area contributed by atoms with E-state index in [9.17, 15) is 4.21 Å². The molecule has 0 radical (unpaired) electrons. The summed E-state index contributed by atoms with van der Waals surface area (Å²) in [6, 6.07) is 4.11. The van der Waals surface area contributed by atoms with Gasteiger partial charge in [-0.05, 0) is 57.0 Å². The molecule has 0 bridgehead atoms. The molecule has 0 amide bonds. The van der Waals surface area contributed by atoms with E-state index in [1.807, 2.05) is 33.0 Å². The molecule has 0 aliphatic rings. The Hall–Kier alpha value is -0.563. The van der Waals surface area contributed by atoms with E-state index < -0.39 is 24.1 Å². The highest BCUT2D eigenvalue weighted by atomic mass is 32.2. The lowest BCUT2D eigenvalue weighted by Gasteiger charge is -2.38. The number of nitrogens with zero attached hydrogens (tertiary/aromatic N) is 1. The van der Waals surface area contributed by atoms with Crippen LogP contribution in [0.3, 0.4) is 0 Å². The maximum atomic E-state index is 11.9. The fraction of sp³-hybridized carbons (Fsp3) is 0.722. The van der Waals surface area contributed by atoms with Crippen LogP contribution in [0.5, 0.6) is 0 Å². The Labute approximate surface area is 151 Å². The number of pyridine rings is 1. The van der Waals surface area contributed by atoms with Crippen LogP contribution in [-0.4, -0.2) is 28.9 Å². The molecule has 0 saturated carbocycles. The molecule has 0 saturated heterocycles. The highest BCUT2D eigenvalue weighted by Crippen LogP contribution is 2.38. The molecule has 138 valence electrons. The fourth-order valence-electron chi connectivity index (χ4n) is 2.19. The molecule has 2 N–H and O–H groups in total. The lowest BCUT2D eigenvalue weighted by Crippen LogP contribution is -2.42. The van der Waals surface area contributed by atoms with Crippen LogP contribution in [0, 0.1) is 6.92 Å². The van der Waals surface area contributed by atoms with Gasteiger partial charge in [0.25, 0.3) is 0 Å². The van der Waals surface area contributed by atoms with Gasteiger partial charge in [-0.1, -0.05) is 26.8 Å². The maximum absolute atomic E-state index is 11.9. The molecule has 1 aromatic rings. The van der Waals surface area contributed by atoms with Crippen LogP contribution in [0.15, 0.2) is 18.3 Å². The molecule has 0 aliphatic carbocycles. The van der Waals surface area contributed by atoms with Gasteiger partial charge in [0.1, 0.15) is 0 Å². The van der Waals surface area contributed by atoms with Gasteiger partial charge in [-0.3, -0.25) is 10.1 Å². The summed E-state index contributed by atoms with van der Waals surface area (Å²) in [7, 11) is -3.22. The molecular formula is C18H34N2O2SSi. The van der Waals surface area contributed by atoms with Gasteiger partial charge < -0.3 is 4.43 Å². The first kappa shape index (κ1) is 21.5. The summed E-state index contributed by atoms with van der Waals surface area (Å²) in [4.78, 5) is 4.42. The number of aromatic nitrogens is 1. The predicted molar refractivity (Wildman–Crippen MR) is 106 cm³/mol. The lowest BCUT2D eigenvalue weighted by molar-refractivity contribution is 0.250. The van der Waals surface area contributed by atoms with Gasteiger partial charge in [0.05, 0.1) is 15.7 Å². The SMILES string of the molecule is Cc1ccc([C@@H](CO[Si](C)(C)C(C)(C)C)CC(C)(C)S(N)=O)cn1. The highest BCUT2D eigenvalue weighted by Gasteiger charge is 2.38. The van der Waals surface area contributed by atoms with Crippen molar-refractivity contribution in [3.8, 4) is 0 Å². The summed E-state index contributed by atoms with van der Waals surface area (Å²) >= 11 is 0. The first-order valence-electron chi connectivity index (χ1n) is 8.49. The molecular weight excluding hydrogens is 336 g/mol. The summed E-state index contributed by atoms with van der Waals surface area (Å²) in [6.07, 6.45) is 2.61. The van der Waals surface area contributed by atoms with Crippen LogP contribution in [0.2, 0.25) is 18.1 Å². The monoisotopic (exact) mass is 370 g/mol. The van der Waals surface area contributed by atoms with Crippen molar-refractivity contribution in [3.63, 3.8) is 0 Å². The zero-order valence-electron chi connectivity index (χ0n) is 16.5. The molecule has 0 spiro atoms. The molecule has 0 aliphatic heterocycles. The topological polar surface area (TPSA) is 65.2 Å². The smallest absolute Gasteiger partial charge is 0.192 e. The number of aryl methyl sites for hydroxylation is 1. The molecule has 4 nitrogen and oxygen atoms in total. The van der Waals surface area contributed by atoms with Crippen LogP contribution >= 0.6 is 0 Å². The van der Waals surface area contributed by atoms with Crippen LogP contribution in [0.4, 0.5) is 0 Å². The molecule has 1 unspecified atom stereocenters. The molecule has 1 heterocycles. The summed E-state index contributed by atoms with van der Waals surface area (Å²) in [5.74, 6) is 0.134. The third-order valence-corrected chi connectivity index (χ3v) is 10.9. The summed E-state index contributed by atoms with van der Waals surface area (Å²) < 4.78 is 17.9. The van der Waals surface area contributed by atoms with E-state index in [2.05, 4.69) is 44.9 Å². The van der Waals surface area contributed by atoms with Crippen molar-refractivity contribution in [2.24, 2.45) is 5.14 Å². The summed E-state index contributed by atoms with van der Waals surface area (Å²) in [5, 5.41) is 5.86. The Kier molecular flexibility index (Phi) is 6.95. The predicted octanol–water partition coefficient (Wildman–Crippen LogP) is 4.29. The zero-order chi connectivity index (χ0) is 18.8. The summed E-state index contributed by atoms with van der Waals surface area (Å²) in [5.41, 5.74) is 2.11. The van der Waals surface area contributed by atoms with Crippen LogP contribution < -0.4 is 5.14 Å². The van der Waals surface area contributed by atoms with Crippen molar-refractivity contribution >= 4 is 19.3 Å². The highest BCUT2D eigenvalue weighted by molar-refractivity contribution is 7.84. The quantitative estimate of drug-likeness (QED) is 0.728. The van der Waals surface area contributed by atoms with Crippen LogP contribution in [-0.2, 0) is 15.4 Å². The number of rotatable bonds is 7. The van der Waals surface area contributed by atoms with Gasteiger partial charge in [0.2, 0.25) is 0 Å². The first-order valence-corrected chi connectivity index (χ1v) is 12.6. The van der Waals surface area contributed by atoms with Crippen molar-refractivity contribution in [3.05, 3.63) is 29.6 Å². The Morgan fingerprint density at radius 1 is 1.25 bits per heavy atom. The fourth-order valence-corrected chi connectivity index (χ4v) is 3.61. The van der Waals surface area contributed by atoms with Gasteiger partial charge >= 0.3 is 0 Å². The largest absolute Gasteiger partial charge is 0.416 e. The van der Waals surface area contributed by atoms with Crippen molar-refractivity contribution in [2.45, 2.75) is 76.8 Å². The van der Waals surface area contributed by atoms with Gasteiger partial charge in [0, 0.05) is 24.4 Å². The molecule has 2 atom stereocenters. The third kappa shape index (κ3) is 5.76. The van der Waals surface area contributed by atoms with E-state index in [-0.39, 0.29) is 11.0 Å². The third-order valence-electron chi connectivity index (χ3n) is 5.14. The standard InChI is InChI=1S/C18H34N2O2SSi/c1-14-9-10-15(12-20-14)16(11-18(5,6)23(19)21)13-22-24(7,8)17(2,3)4/h9-10,12,16H,11,13,19H2,1-8H3/t16-,23?/m1/s1. The molecule has 0 aromatic carbocycles. The van der Waals surface area contributed by atoms with Gasteiger partial charge in [-0.25, -0.2) is 4.21 Å². The van der Waals surface area contributed by atoms with E-state index in [1.54, 1.807) is 0 Å². The first-order chi connectivity index (χ1) is 10.8. The van der Waals surface area contributed by atoms with Crippen molar-refractivity contribution < 1.29 is 8.63 Å². The normalized spacial score (nSPS) is 16.0. The van der Waals surface area contributed by atoms with Crippen molar-refractivity contribution in [1.82, 2.24) is 4.98 Å². The Morgan fingerprint density at radius 3 is 2.25 bits per heavy atom. The van der Waals surface area contributed by atoms with Crippen LogP contribution in [0.1, 0.15) is 58.2 Å². The second-order valence-corrected chi connectivity index (χ2v) is 15.3.